The Kier molecular flexibility index (Phi) is 7.56. The molecule has 0 atom stereocenters. The van der Waals surface area contributed by atoms with Crippen molar-refractivity contribution in [3.8, 4) is 6.01 Å². The first-order chi connectivity index (χ1) is 10.8. The number of aryl methyl sites for hydroxylation is 1. The largest absolute Gasteiger partial charge is 2.00 e. The molecule has 0 saturated carbocycles. The van der Waals surface area contributed by atoms with Crippen molar-refractivity contribution in [1.29, 1.82) is 0 Å². The normalized spacial score (nSPS) is 10.5. The molecule has 0 aliphatic heterocycles. The molecule has 126 valence electrons. The van der Waals surface area contributed by atoms with E-state index < -0.39 is 16.1 Å². The quantitative estimate of drug-likeness (QED) is 0.502. The minimum absolute atomic E-state index is 0. The van der Waals surface area contributed by atoms with E-state index >= 15 is 0 Å². The molecule has 24 heavy (non-hydrogen) atoms. The first-order valence-electron chi connectivity index (χ1n) is 6.17. The molecule has 1 heterocycles. The number of nitrogens with zero attached hydrogens (tertiary/aromatic N) is 3. The number of halogens is 1. The standard InChI is InChI=1S/C12H12IN5O4S.Mg.2H/c1-7-14-10(17-12(15-7)22-2)16-11(19)18-23(20,21)9-6-4-3-5-8(9)13;;;/h3-6H,1-2H3,(H2,14,15,16,17,18,19);;;/q;+2;2*-1. The number of hydrogen-bond acceptors (Lipinski definition) is 7. The third-order valence-corrected chi connectivity index (χ3v) is 5.18. The number of nitrogens with one attached hydrogen (secondary N) is 2. The molecule has 2 aromatic rings. The van der Waals surface area contributed by atoms with Gasteiger partial charge >= 0.3 is 35.1 Å². The molecular weight excluding hydrogens is 461 g/mol. The number of ether oxygens (including phenoxy) is 1. The Morgan fingerprint density at radius 1 is 1.25 bits per heavy atom. The van der Waals surface area contributed by atoms with Gasteiger partial charge in [0.15, 0.2) is 0 Å². The zero-order chi connectivity index (χ0) is 17.0. The summed E-state index contributed by atoms with van der Waals surface area (Å²) in [6.07, 6.45) is 0. The molecule has 2 N–H and O–H groups in total. The molecule has 9 nitrogen and oxygen atoms in total. The molecule has 0 unspecified atom stereocenters. The van der Waals surface area contributed by atoms with E-state index in [1.165, 1.54) is 13.2 Å². The molecule has 12 heteroatoms. The number of hydrogen-bond donors (Lipinski definition) is 2. The van der Waals surface area contributed by atoms with E-state index in [-0.39, 0.29) is 42.8 Å². The van der Waals surface area contributed by atoms with Gasteiger partial charge in [0, 0.05) is 3.57 Å². The second-order valence-electron chi connectivity index (χ2n) is 4.18. The number of anilines is 1. The van der Waals surface area contributed by atoms with Gasteiger partial charge in [-0.1, -0.05) is 12.1 Å². The Bertz CT molecular complexity index is 859. The van der Waals surface area contributed by atoms with Crippen LogP contribution in [0.15, 0.2) is 29.2 Å². The SMILES string of the molecule is COc1nc(C)nc(NC(=O)NS(=O)(=O)c2ccccc2I)n1.[H-].[H-].[Mg+2]. The molecule has 0 aliphatic carbocycles. The van der Waals surface area contributed by atoms with Crippen LogP contribution in [0.3, 0.4) is 0 Å². The van der Waals surface area contributed by atoms with Gasteiger partial charge in [-0.2, -0.15) is 15.0 Å². The Hall–Kier alpha value is -1.25. The number of aromatic nitrogens is 3. The summed E-state index contributed by atoms with van der Waals surface area (Å²) < 4.78 is 31.6. The number of urea groups is 1. The fourth-order valence-corrected chi connectivity index (χ4v) is 3.82. The number of methoxy groups -OCH3 is 1. The average Bonchev–Trinajstić information content (AvgIpc) is 2.46. The van der Waals surface area contributed by atoms with Crippen LogP contribution >= 0.6 is 22.6 Å². The van der Waals surface area contributed by atoms with Crippen molar-refractivity contribution < 1.29 is 20.8 Å². The number of benzene rings is 1. The predicted molar refractivity (Wildman–Crippen MR) is 97.6 cm³/mol. The van der Waals surface area contributed by atoms with E-state index in [9.17, 15) is 13.2 Å². The summed E-state index contributed by atoms with van der Waals surface area (Å²) in [6.45, 7) is 1.58. The van der Waals surface area contributed by atoms with Gasteiger partial charge in [-0.05, 0) is 41.6 Å². The minimum Gasteiger partial charge on any atom is -1.00 e. The first kappa shape index (κ1) is 20.8. The topological polar surface area (TPSA) is 123 Å². The summed E-state index contributed by atoms with van der Waals surface area (Å²) in [7, 11) is -2.65. The Labute approximate surface area is 171 Å². The molecule has 0 saturated heterocycles. The van der Waals surface area contributed by atoms with Crippen LogP contribution in [0, 0.1) is 10.5 Å². The summed E-state index contributed by atoms with van der Waals surface area (Å²) >= 11 is 1.87. The molecule has 2 rings (SSSR count). The van der Waals surface area contributed by atoms with Crippen molar-refractivity contribution in [2.24, 2.45) is 0 Å². The summed E-state index contributed by atoms with van der Waals surface area (Å²) in [5.74, 6) is 0.192. The van der Waals surface area contributed by atoms with Crippen LogP contribution in [0.1, 0.15) is 8.68 Å². The van der Waals surface area contributed by atoms with Gasteiger partial charge in [0.2, 0.25) is 5.95 Å². The van der Waals surface area contributed by atoms with Gasteiger partial charge in [-0.25, -0.2) is 17.9 Å². The van der Waals surface area contributed by atoms with Gasteiger partial charge in [-0.15, -0.1) is 0 Å². The number of rotatable bonds is 4. The third-order valence-electron chi connectivity index (χ3n) is 2.49. The minimum atomic E-state index is -4.01. The van der Waals surface area contributed by atoms with Gasteiger partial charge in [0.25, 0.3) is 10.0 Å². The number of carbonyl (C=O) groups is 1. The van der Waals surface area contributed by atoms with Crippen molar-refractivity contribution in [3.05, 3.63) is 33.7 Å². The van der Waals surface area contributed by atoms with E-state index in [0.717, 1.165) is 0 Å². The van der Waals surface area contributed by atoms with Crippen molar-refractivity contribution in [1.82, 2.24) is 19.7 Å². The van der Waals surface area contributed by atoms with Gasteiger partial charge in [0.1, 0.15) is 10.7 Å². The van der Waals surface area contributed by atoms with Crippen LogP contribution in [0.5, 0.6) is 6.01 Å². The predicted octanol–water partition coefficient (Wildman–Crippen LogP) is 1.15. The molecule has 0 spiro atoms. The number of amides is 2. The zero-order valence-corrected chi connectivity index (χ0v) is 17.2. The van der Waals surface area contributed by atoms with E-state index in [1.807, 2.05) is 27.3 Å². The molecule has 1 aromatic heterocycles. The van der Waals surface area contributed by atoms with Crippen LogP contribution in [0.2, 0.25) is 0 Å². The third kappa shape index (κ3) is 5.39. The Balaban J connectivity index is 0. The van der Waals surface area contributed by atoms with Crippen LogP contribution < -0.4 is 14.8 Å². The Morgan fingerprint density at radius 2 is 1.92 bits per heavy atom. The van der Waals surface area contributed by atoms with E-state index in [2.05, 4.69) is 20.3 Å². The van der Waals surface area contributed by atoms with Crippen molar-refractivity contribution in [3.63, 3.8) is 0 Å². The van der Waals surface area contributed by atoms with Gasteiger partial charge in [0.05, 0.1) is 7.11 Å². The summed E-state index contributed by atoms with van der Waals surface area (Å²) in [4.78, 5) is 23.4. The first-order valence-corrected chi connectivity index (χ1v) is 8.73. The molecule has 0 radical (unpaired) electrons. The average molecular weight is 476 g/mol. The van der Waals surface area contributed by atoms with E-state index in [1.54, 1.807) is 25.1 Å². The summed E-state index contributed by atoms with van der Waals surface area (Å²) in [5.41, 5.74) is 0. The molecule has 0 fully saturated rings. The Morgan fingerprint density at radius 3 is 2.54 bits per heavy atom. The van der Waals surface area contributed by atoms with Crippen LogP contribution in [-0.4, -0.2) is 59.6 Å². The van der Waals surface area contributed by atoms with Gasteiger partial charge in [-0.3, -0.25) is 5.32 Å². The van der Waals surface area contributed by atoms with Crippen molar-refractivity contribution in [2.45, 2.75) is 11.8 Å². The maximum atomic E-state index is 12.2. The molecular formula is C12H14IMgN5O4S. The van der Waals surface area contributed by atoms with E-state index in [0.29, 0.717) is 9.39 Å². The molecule has 2 amide bonds. The van der Waals surface area contributed by atoms with Crippen LogP contribution in [-0.2, 0) is 10.0 Å². The van der Waals surface area contributed by atoms with Crippen molar-refractivity contribution >= 4 is 67.6 Å². The van der Waals surface area contributed by atoms with Crippen LogP contribution in [0.4, 0.5) is 10.7 Å². The fourth-order valence-electron chi connectivity index (χ4n) is 1.57. The maximum Gasteiger partial charge on any atom is 2.00 e. The van der Waals surface area contributed by atoms with E-state index in [4.69, 9.17) is 4.74 Å². The van der Waals surface area contributed by atoms with Crippen molar-refractivity contribution in [2.75, 3.05) is 12.4 Å². The number of carbonyl (C=O) groups excluding carboxylic acids is 1. The second-order valence-corrected chi connectivity index (χ2v) is 7.00. The summed E-state index contributed by atoms with van der Waals surface area (Å²) in [6, 6.07) is 5.29. The zero-order valence-electron chi connectivity index (χ0n) is 14.8. The summed E-state index contributed by atoms with van der Waals surface area (Å²) in [5, 5.41) is 2.23. The van der Waals surface area contributed by atoms with Crippen LogP contribution in [0.25, 0.3) is 0 Å². The number of sulfonamides is 1. The van der Waals surface area contributed by atoms with Gasteiger partial charge < -0.3 is 7.59 Å². The molecule has 0 aliphatic rings. The molecule has 0 bridgehead atoms. The second kappa shape index (κ2) is 8.73. The molecule has 1 aromatic carbocycles. The smallest absolute Gasteiger partial charge is 1.00 e. The monoisotopic (exact) mass is 475 g/mol. The maximum absolute atomic E-state index is 12.2. The fraction of sp³-hybridized carbons (Fsp3) is 0.167.